The summed E-state index contributed by atoms with van der Waals surface area (Å²) in [5.41, 5.74) is 1.64. The van der Waals surface area contributed by atoms with Gasteiger partial charge in [-0.05, 0) is 54.2 Å². The van der Waals surface area contributed by atoms with Crippen LogP contribution in [0.1, 0.15) is 57.6 Å². The van der Waals surface area contributed by atoms with Crippen LogP contribution < -0.4 is 26.0 Å². The topological polar surface area (TPSA) is 227 Å². The number of benzene rings is 2. The monoisotopic (exact) mass is 761 g/mol. The fourth-order valence-corrected chi connectivity index (χ4v) is 5.34. The van der Waals surface area contributed by atoms with Gasteiger partial charge in [0.15, 0.2) is 0 Å². The van der Waals surface area contributed by atoms with E-state index >= 15 is 0 Å². The normalized spacial score (nSPS) is 13.7. The summed E-state index contributed by atoms with van der Waals surface area (Å²) in [6.45, 7) is 8.63. The van der Waals surface area contributed by atoms with Crippen LogP contribution in [0.3, 0.4) is 0 Å². The largest absolute Gasteiger partial charge is 0.490 e. The molecule has 0 aliphatic carbocycles. The lowest BCUT2D eigenvalue weighted by Crippen LogP contribution is -2.57. The minimum absolute atomic E-state index is 0.0121. The number of ether oxygens (including phenoxy) is 2. The van der Waals surface area contributed by atoms with Gasteiger partial charge in [-0.2, -0.15) is 0 Å². The molecule has 1 aliphatic heterocycles. The number of amides is 6. The molecule has 0 fully saturated rings. The summed E-state index contributed by atoms with van der Waals surface area (Å²) in [6, 6.07) is 9.42. The number of esters is 1. The molecule has 16 nitrogen and oxygen atoms in total. The quantitative estimate of drug-likeness (QED) is 0.0664. The summed E-state index contributed by atoms with van der Waals surface area (Å²) in [4.78, 5) is 101. The molecule has 6 amide bonds. The first-order valence-corrected chi connectivity index (χ1v) is 17.7. The zero-order valence-electron chi connectivity index (χ0n) is 31.0. The van der Waals surface area contributed by atoms with E-state index in [2.05, 4.69) is 27.8 Å². The molecule has 55 heavy (non-hydrogen) atoms. The van der Waals surface area contributed by atoms with Gasteiger partial charge in [-0.1, -0.05) is 50.8 Å². The van der Waals surface area contributed by atoms with Gasteiger partial charge in [0.25, 0.3) is 11.8 Å². The van der Waals surface area contributed by atoms with Crippen molar-refractivity contribution < 1.29 is 52.9 Å². The van der Waals surface area contributed by atoms with Gasteiger partial charge in [-0.25, -0.2) is 0 Å². The zero-order chi connectivity index (χ0) is 40.5. The van der Waals surface area contributed by atoms with Gasteiger partial charge in [0.1, 0.15) is 37.1 Å². The number of hydrogen-bond donors (Lipinski definition) is 5. The fourth-order valence-electron chi connectivity index (χ4n) is 5.34. The first kappa shape index (κ1) is 43.1. The van der Waals surface area contributed by atoms with Crippen molar-refractivity contribution in [1.82, 2.24) is 20.9 Å². The van der Waals surface area contributed by atoms with E-state index in [4.69, 9.17) is 9.47 Å². The number of aliphatic carboxylic acids is 1. The molecule has 3 rings (SSSR count). The van der Waals surface area contributed by atoms with E-state index in [1.54, 1.807) is 54.6 Å². The van der Waals surface area contributed by atoms with E-state index in [0.717, 1.165) is 17.1 Å². The highest BCUT2D eigenvalue weighted by atomic mass is 16.5. The van der Waals surface area contributed by atoms with Crippen LogP contribution in [-0.2, 0) is 56.1 Å². The van der Waals surface area contributed by atoms with Crippen molar-refractivity contribution in [2.45, 2.75) is 77.6 Å². The van der Waals surface area contributed by atoms with Crippen molar-refractivity contribution in [2.24, 2.45) is 5.92 Å². The third kappa shape index (κ3) is 14.9. The summed E-state index contributed by atoms with van der Waals surface area (Å²) in [7, 11) is 0. The summed E-state index contributed by atoms with van der Waals surface area (Å²) in [6.07, 6.45) is 2.89. The molecule has 2 aromatic rings. The van der Waals surface area contributed by atoms with E-state index in [9.17, 15) is 43.5 Å². The second kappa shape index (κ2) is 21.4. The Kier molecular flexibility index (Phi) is 16.8. The first-order chi connectivity index (χ1) is 26.1. The van der Waals surface area contributed by atoms with Gasteiger partial charge in [-0.15, -0.1) is 0 Å². The van der Waals surface area contributed by atoms with Crippen LogP contribution >= 0.6 is 0 Å². The summed E-state index contributed by atoms with van der Waals surface area (Å²) in [5, 5.41) is 19.9. The first-order valence-electron chi connectivity index (χ1n) is 17.7. The molecule has 2 aromatic carbocycles. The predicted octanol–water partition coefficient (Wildman–Crippen LogP) is 2.18. The van der Waals surface area contributed by atoms with E-state index in [1.165, 1.54) is 6.92 Å². The van der Waals surface area contributed by atoms with Gasteiger partial charge in [-0.3, -0.25) is 43.3 Å². The fraction of sp³-hybridized carbons (Fsp3) is 0.385. The third-order valence-corrected chi connectivity index (χ3v) is 8.13. The Morgan fingerprint density at radius 3 is 1.98 bits per heavy atom. The van der Waals surface area contributed by atoms with Gasteiger partial charge in [0.2, 0.25) is 23.6 Å². The predicted molar refractivity (Wildman–Crippen MR) is 199 cm³/mol. The molecule has 0 saturated carbocycles. The lowest BCUT2D eigenvalue weighted by molar-refractivity contribution is -0.142. The molecule has 0 unspecified atom stereocenters. The number of imide groups is 1. The van der Waals surface area contributed by atoms with Crippen LogP contribution in [0.4, 0.5) is 5.69 Å². The smallest absolute Gasteiger partial charge is 0.303 e. The number of nitrogens with zero attached hydrogens (tertiary/aromatic N) is 1. The molecule has 1 aliphatic rings. The Morgan fingerprint density at radius 1 is 0.800 bits per heavy atom. The number of carboxylic acid groups (broad SMARTS) is 1. The summed E-state index contributed by atoms with van der Waals surface area (Å²) >= 11 is 0. The molecule has 5 N–H and O–H groups in total. The molecule has 0 radical (unpaired) electrons. The van der Waals surface area contributed by atoms with E-state index in [-0.39, 0.29) is 51.4 Å². The number of anilines is 1. The van der Waals surface area contributed by atoms with Crippen molar-refractivity contribution in [3.8, 4) is 5.75 Å². The summed E-state index contributed by atoms with van der Waals surface area (Å²) < 4.78 is 10.5. The molecule has 0 bridgehead atoms. The van der Waals surface area contributed by atoms with Crippen LogP contribution in [0.2, 0.25) is 0 Å². The highest BCUT2D eigenvalue weighted by Crippen LogP contribution is 2.16. The molecule has 0 spiro atoms. The Bertz CT molecular complexity index is 1740. The van der Waals surface area contributed by atoms with Crippen molar-refractivity contribution in [3.05, 3.63) is 84.5 Å². The number of hydrogen-bond acceptors (Lipinski definition) is 10. The average molecular weight is 762 g/mol. The maximum Gasteiger partial charge on any atom is 0.303 e. The number of carbonyl (C=O) groups is 8. The molecular weight excluding hydrogens is 714 g/mol. The molecule has 294 valence electrons. The number of carbonyl (C=O) groups excluding carboxylic acids is 7. The second-order valence-electron chi connectivity index (χ2n) is 13.1. The van der Waals surface area contributed by atoms with Crippen LogP contribution in [-0.4, -0.2) is 88.7 Å². The zero-order valence-corrected chi connectivity index (χ0v) is 31.0. The molecule has 3 atom stereocenters. The van der Waals surface area contributed by atoms with Gasteiger partial charge < -0.3 is 35.8 Å². The highest BCUT2D eigenvalue weighted by molar-refractivity contribution is 6.13. The number of rotatable bonds is 22. The minimum atomic E-state index is -1.31. The Morgan fingerprint density at radius 2 is 1.40 bits per heavy atom. The van der Waals surface area contributed by atoms with Gasteiger partial charge >= 0.3 is 11.9 Å². The van der Waals surface area contributed by atoms with Crippen LogP contribution in [0.15, 0.2) is 73.3 Å². The maximum absolute atomic E-state index is 13.9. The van der Waals surface area contributed by atoms with Crippen LogP contribution in [0.5, 0.6) is 5.75 Å². The SMILES string of the molecule is C=CCOc1ccc(C[C@H](NC(=O)CCN2C(=O)C=CC2=O)C(=O)N[C@H](CC(C)C)C(=O)N[C@@H](CCC(=O)O)C(=O)Nc2ccc(COC(C)=O)cc2)cc1. The van der Waals surface area contributed by atoms with Gasteiger partial charge in [0, 0.05) is 50.6 Å². The third-order valence-electron chi connectivity index (χ3n) is 8.13. The molecule has 0 saturated heterocycles. The highest BCUT2D eigenvalue weighted by Gasteiger charge is 2.31. The lowest BCUT2D eigenvalue weighted by atomic mass is 10.00. The molecule has 1 heterocycles. The standard InChI is InChI=1S/C39H47N5O11/c1-5-20-54-29-12-8-26(9-13-29)22-32(41-33(46)18-19-44-34(47)15-16-35(44)48)39(53)43-31(21-24(2)3)38(52)42-30(14-17-36(49)50)37(51)40-28-10-6-27(7-11-28)23-55-25(4)45/h5-13,15-16,24,30-32H,1,14,17-23H2,2-4H3,(H,40,51)(H,41,46)(H,42,52)(H,43,53)(H,49,50)/t30-,31+,32-/m0/s1. The molecule has 16 heteroatoms. The lowest BCUT2D eigenvalue weighted by Gasteiger charge is -2.26. The van der Waals surface area contributed by atoms with Crippen LogP contribution in [0.25, 0.3) is 0 Å². The van der Waals surface area contributed by atoms with Crippen LogP contribution in [0, 0.1) is 5.92 Å². The summed E-state index contributed by atoms with van der Waals surface area (Å²) in [5.74, 6) is -5.15. The Balaban J connectivity index is 1.78. The molecule has 0 aromatic heterocycles. The number of carboxylic acids is 1. The average Bonchev–Trinajstić information content (AvgIpc) is 3.46. The number of nitrogens with one attached hydrogen (secondary N) is 4. The van der Waals surface area contributed by atoms with Gasteiger partial charge in [0.05, 0.1) is 0 Å². The van der Waals surface area contributed by atoms with Crippen molar-refractivity contribution >= 4 is 53.1 Å². The van der Waals surface area contributed by atoms with Crippen molar-refractivity contribution in [3.63, 3.8) is 0 Å². The maximum atomic E-state index is 13.9. The minimum Gasteiger partial charge on any atom is -0.490 e. The van der Waals surface area contributed by atoms with Crippen molar-refractivity contribution in [2.75, 3.05) is 18.5 Å². The Labute approximate surface area is 318 Å². The Hall–Kier alpha value is -6.32. The van der Waals surface area contributed by atoms with E-state index in [1.807, 2.05) is 13.8 Å². The second-order valence-corrected chi connectivity index (χ2v) is 13.1. The molecular formula is C39H47N5O11. The van der Waals surface area contributed by atoms with E-state index in [0.29, 0.717) is 22.6 Å². The van der Waals surface area contributed by atoms with Crippen molar-refractivity contribution in [1.29, 1.82) is 0 Å². The van der Waals surface area contributed by atoms with E-state index < -0.39 is 71.9 Å².